The Morgan fingerprint density at radius 2 is 1.82 bits per heavy atom. The summed E-state index contributed by atoms with van der Waals surface area (Å²) in [7, 11) is 2.82. The van der Waals surface area contributed by atoms with Crippen LogP contribution in [0.2, 0.25) is 0 Å². The van der Waals surface area contributed by atoms with Crippen molar-refractivity contribution in [1.29, 1.82) is 0 Å². The zero-order valence-corrected chi connectivity index (χ0v) is 19.9. The first-order valence-corrected chi connectivity index (χ1v) is 10.6. The monoisotopic (exact) mass is 481 g/mol. The summed E-state index contributed by atoms with van der Waals surface area (Å²) in [5.41, 5.74) is 1.87. The van der Waals surface area contributed by atoms with Crippen LogP contribution in [0.1, 0.15) is 37.4 Å². The molecule has 188 valence electrons. The largest absolute Gasteiger partial charge is 0.508 e. The minimum absolute atomic E-state index is 0.00497. The van der Waals surface area contributed by atoms with Gasteiger partial charge in [-0.15, -0.1) is 0 Å². The average molecular weight is 482 g/mol. The first-order valence-electron chi connectivity index (χ1n) is 10.6. The van der Waals surface area contributed by atoms with Crippen LogP contribution in [0.5, 0.6) is 0 Å². The van der Waals surface area contributed by atoms with Crippen molar-refractivity contribution in [2.24, 2.45) is 0 Å². The maximum atomic E-state index is 13.3. The average Bonchev–Trinajstić information content (AvgIpc) is 3.20. The van der Waals surface area contributed by atoms with E-state index in [1.807, 2.05) is 0 Å². The Morgan fingerprint density at radius 3 is 2.38 bits per heavy atom. The number of likely N-dealkylation sites (N-methyl/N-ethyl adjacent to an activating group) is 1. The number of carbonyl (C=O) groups excluding carboxylic acids is 4. The van der Waals surface area contributed by atoms with Crippen LogP contribution < -0.4 is 10.6 Å². The molecule has 12 nitrogen and oxygen atoms in total. The molecule has 0 radical (unpaired) electrons. The lowest BCUT2D eigenvalue weighted by molar-refractivity contribution is -0.119. The van der Waals surface area contributed by atoms with E-state index >= 15 is 0 Å². The SMILES string of the molecule is COCC(=O)Nc1c(C)c(C(=O)NCC2COC(=O)O2)c(C)c(C(=O)N(C)CC(O)CO)c1C. The van der Waals surface area contributed by atoms with Crippen LogP contribution in [0.3, 0.4) is 0 Å². The molecule has 12 heteroatoms. The molecule has 0 saturated carbocycles. The second-order valence-corrected chi connectivity index (χ2v) is 8.01. The molecule has 2 rings (SSSR count). The van der Waals surface area contributed by atoms with Crippen LogP contribution in [-0.2, 0) is 19.0 Å². The van der Waals surface area contributed by atoms with Gasteiger partial charge in [-0.1, -0.05) is 0 Å². The van der Waals surface area contributed by atoms with E-state index in [4.69, 9.17) is 19.3 Å². The fraction of sp³-hybridized carbons (Fsp3) is 0.545. The number of ether oxygens (including phenoxy) is 3. The van der Waals surface area contributed by atoms with E-state index in [1.54, 1.807) is 20.8 Å². The Balaban J connectivity index is 2.49. The number of hydrogen-bond acceptors (Lipinski definition) is 9. The van der Waals surface area contributed by atoms with E-state index in [9.17, 15) is 24.3 Å². The molecule has 1 aliphatic heterocycles. The summed E-state index contributed by atoms with van der Waals surface area (Å²) in [5, 5.41) is 24.2. The van der Waals surface area contributed by atoms with Crippen molar-refractivity contribution in [2.75, 3.05) is 52.4 Å². The number of anilines is 1. The lowest BCUT2D eigenvalue weighted by atomic mass is 9.89. The van der Waals surface area contributed by atoms with Gasteiger partial charge >= 0.3 is 6.16 Å². The predicted molar refractivity (Wildman–Crippen MR) is 120 cm³/mol. The summed E-state index contributed by atoms with van der Waals surface area (Å²) in [4.78, 5) is 51.0. The zero-order valence-electron chi connectivity index (χ0n) is 19.9. The highest BCUT2D eigenvalue weighted by molar-refractivity contribution is 6.07. The van der Waals surface area contributed by atoms with Gasteiger partial charge in [0, 0.05) is 37.5 Å². The maximum Gasteiger partial charge on any atom is 0.508 e. The first-order chi connectivity index (χ1) is 16.0. The Labute approximate surface area is 197 Å². The second kappa shape index (κ2) is 11.8. The Bertz CT molecular complexity index is 964. The summed E-state index contributed by atoms with van der Waals surface area (Å²) in [6.07, 6.45) is -2.60. The third-order valence-corrected chi connectivity index (χ3v) is 5.41. The number of carbonyl (C=O) groups is 4. The number of methoxy groups -OCH3 is 1. The van der Waals surface area contributed by atoms with E-state index < -0.39 is 42.7 Å². The number of nitrogens with one attached hydrogen (secondary N) is 2. The third kappa shape index (κ3) is 6.22. The fourth-order valence-electron chi connectivity index (χ4n) is 3.78. The first kappa shape index (κ1) is 27.0. The van der Waals surface area contributed by atoms with Crippen molar-refractivity contribution < 1.29 is 43.6 Å². The summed E-state index contributed by atoms with van der Waals surface area (Å²) in [6.45, 7) is 4.00. The molecule has 1 fully saturated rings. The Kier molecular flexibility index (Phi) is 9.36. The van der Waals surface area contributed by atoms with Gasteiger partial charge in [0.25, 0.3) is 11.8 Å². The molecule has 3 amide bonds. The van der Waals surface area contributed by atoms with Crippen LogP contribution >= 0.6 is 0 Å². The van der Waals surface area contributed by atoms with Gasteiger partial charge in [0.1, 0.15) is 13.2 Å². The molecule has 0 spiro atoms. The van der Waals surface area contributed by atoms with Crippen LogP contribution in [0.15, 0.2) is 0 Å². The number of cyclic esters (lactones) is 2. The number of hydrogen-bond donors (Lipinski definition) is 4. The molecule has 1 aromatic rings. The predicted octanol–water partition coefficient (Wildman–Crippen LogP) is -0.113. The molecular formula is C22H31N3O9. The van der Waals surface area contributed by atoms with Crippen LogP contribution in [0, 0.1) is 20.8 Å². The van der Waals surface area contributed by atoms with E-state index in [0.29, 0.717) is 16.7 Å². The molecule has 34 heavy (non-hydrogen) atoms. The number of benzene rings is 1. The van der Waals surface area contributed by atoms with Crippen molar-refractivity contribution in [2.45, 2.75) is 33.0 Å². The quantitative estimate of drug-likeness (QED) is 0.334. The van der Waals surface area contributed by atoms with E-state index in [0.717, 1.165) is 0 Å². The number of nitrogens with zero attached hydrogens (tertiary/aromatic N) is 1. The molecule has 1 heterocycles. The van der Waals surface area contributed by atoms with Crippen molar-refractivity contribution in [3.8, 4) is 0 Å². The molecule has 2 atom stereocenters. The molecule has 0 aromatic heterocycles. The highest BCUT2D eigenvalue weighted by atomic mass is 16.8. The highest BCUT2D eigenvalue weighted by Gasteiger charge is 2.30. The highest BCUT2D eigenvalue weighted by Crippen LogP contribution is 2.32. The Morgan fingerprint density at radius 1 is 1.18 bits per heavy atom. The lowest BCUT2D eigenvalue weighted by Crippen LogP contribution is -2.38. The van der Waals surface area contributed by atoms with E-state index in [2.05, 4.69) is 10.6 Å². The number of amides is 3. The Hall–Kier alpha value is -3.22. The van der Waals surface area contributed by atoms with Gasteiger partial charge in [-0.25, -0.2) is 4.79 Å². The normalized spacial score (nSPS) is 15.9. The molecular weight excluding hydrogens is 450 g/mol. The molecule has 2 unspecified atom stereocenters. The van der Waals surface area contributed by atoms with Crippen molar-refractivity contribution in [3.63, 3.8) is 0 Å². The van der Waals surface area contributed by atoms with Crippen molar-refractivity contribution in [3.05, 3.63) is 27.8 Å². The van der Waals surface area contributed by atoms with Crippen LogP contribution in [-0.4, -0.2) is 98.3 Å². The van der Waals surface area contributed by atoms with E-state index in [-0.39, 0.29) is 43.1 Å². The minimum Gasteiger partial charge on any atom is -0.430 e. The summed E-state index contributed by atoms with van der Waals surface area (Å²) >= 11 is 0. The minimum atomic E-state index is -1.14. The number of aliphatic hydroxyl groups is 2. The van der Waals surface area contributed by atoms with Crippen LogP contribution in [0.4, 0.5) is 10.5 Å². The smallest absolute Gasteiger partial charge is 0.430 e. The summed E-state index contributed by atoms with van der Waals surface area (Å²) in [5.74, 6) is -1.51. The van der Waals surface area contributed by atoms with Gasteiger partial charge in [0.2, 0.25) is 5.91 Å². The molecule has 4 N–H and O–H groups in total. The standard InChI is InChI=1S/C22H31N3O9/c1-11-17(20(29)23-6-15-9-33-22(31)34-15)12(2)19(24-16(28)10-32-5)13(3)18(11)21(30)25(4)7-14(27)8-26/h14-15,26-27H,6-10H2,1-5H3,(H,23,29)(H,24,28). The van der Waals surface area contributed by atoms with Gasteiger partial charge in [0.05, 0.1) is 19.3 Å². The second-order valence-electron chi connectivity index (χ2n) is 8.01. The molecule has 0 aliphatic carbocycles. The van der Waals surface area contributed by atoms with Gasteiger partial charge in [0.15, 0.2) is 6.10 Å². The lowest BCUT2D eigenvalue weighted by Gasteiger charge is -2.26. The zero-order chi connectivity index (χ0) is 25.6. The summed E-state index contributed by atoms with van der Waals surface area (Å²) in [6, 6.07) is 0. The van der Waals surface area contributed by atoms with Crippen molar-refractivity contribution >= 4 is 29.6 Å². The van der Waals surface area contributed by atoms with Crippen LogP contribution in [0.25, 0.3) is 0 Å². The van der Waals surface area contributed by atoms with Gasteiger partial charge in [-0.2, -0.15) is 0 Å². The number of rotatable bonds is 10. The summed E-state index contributed by atoms with van der Waals surface area (Å²) < 4.78 is 14.5. The van der Waals surface area contributed by atoms with Gasteiger partial charge in [-0.3, -0.25) is 14.4 Å². The topological polar surface area (TPSA) is 164 Å². The van der Waals surface area contributed by atoms with Gasteiger partial charge < -0.3 is 40.0 Å². The van der Waals surface area contributed by atoms with Crippen molar-refractivity contribution in [1.82, 2.24) is 10.2 Å². The maximum absolute atomic E-state index is 13.3. The fourth-order valence-corrected chi connectivity index (χ4v) is 3.78. The molecule has 0 bridgehead atoms. The molecule has 1 aromatic carbocycles. The van der Waals surface area contributed by atoms with Gasteiger partial charge in [-0.05, 0) is 37.5 Å². The third-order valence-electron chi connectivity index (χ3n) is 5.41. The number of aliphatic hydroxyl groups excluding tert-OH is 2. The van der Waals surface area contributed by atoms with E-state index in [1.165, 1.54) is 19.1 Å². The molecule has 1 saturated heterocycles. The molecule has 1 aliphatic rings.